The Bertz CT molecular complexity index is 835. The minimum absolute atomic E-state index is 0.0193. The van der Waals surface area contributed by atoms with E-state index in [1.807, 2.05) is 29.2 Å². The van der Waals surface area contributed by atoms with Gasteiger partial charge < -0.3 is 10.2 Å². The quantitative estimate of drug-likeness (QED) is 0.795. The van der Waals surface area contributed by atoms with Crippen LogP contribution in [-0.2, 0) is 16.1 Å². The second kappa shape index (κ2) is 6.85. The van der Waals surface area contributed by atoms with Crippen molar-refractivity contribution in [3.8, 4) is 0 Å². The van der Waals surface area contributed by atoms with E-state index in [9.17, 15) is 14.4 Å². The number of imide groups is 1. The van der Waals surface area contributed by atoms with E-state index in [0.29, 0.717) is 37.1 Å². The van der Waals surface area contributed by atoms with Gasteiger partial charge in [0.1, 0.15) is 0 Å². The normalized spacial score (nSPS) is 33.3. The fourth-order valence-electron chi connectivity index (χ4n) is 6.35. The third-order valence-electron chi connectivity index (χ3n) is 7.99. The van der Waals surface area contributed by atoms with Crippen LogP contribution in [0.2, 0.25) is 0 Å². The van der Waals surface area contributed by atoms with Crippen LogP contribution in [0.1, 0.15) is 51.0 Å². The molecule has 6 heteroatoms. The molecule has 4 atom stereocenters. The van der Waals surface area contributed by atoms with Gasteiger partial charge >= 0.3 is 6.03 Å². The second-order valence-corrected chi connectivity index (χ2v) is 9.62. The minimum atomic E-state index is -0.0966. The number of nitrogens with one attached hydrogen (secondary N) is 1. The molecule has 0 aromatic heterocycles. The van der Waals surface area contributed by atoms with Crippen LogP contribution in [0.3, 0.4) is 0 Å². The molecule has 2 saturated heterocycles. The lowest BCUT2D eigenvalue weighted by Gasteiger charge is -2.34. The van der Waals surface area contributed by atoms with E-state index in [2.05, 4.69) is 12.2 Å². The maximum atomic E-state index is 12.8. The van der Waals surface area contributed by atoms with Crippen molar-refractivity contribution >= 4 is 23.5 Å². The lowest BCUT2D eigenvalue weighted by Crippen LogP contribution is -2.39. The van der Waals surface area contributed by atoms with E-state index in [1.165, 1.54) is 24.2 Å². The molecule has 2 saturated carbocycles. The SMILES string of the molecule is CC12CN(C(=O)Nc3ccc(CN4C(=O)CCCC4=O)cc3)CC1[C@@H]1CC[C@H]2C1. The number of piperidine rings is 1. The summed E-state index contributed by atoms with van der Waals surface area (Å²) in [4.78, 5) is 40.1. The average molecular weight is 396 g/mol. The molecule has 29 heavy (non-hydrogen) atoms. The molecule has 4 fully saturated rings. The highest BCUT2D eigenvalue weighted by Gasteiger charge is 2.59. The van der Waals surface area contributed by atoms with Crippen LogP contribution in [0.4, 0.5) is 10.5 Å². The maximum Gasteiger partial charge on any atom is 0.321 e. The fourth-order valence-corrected chi connectivity index (χ4v) is 6.35. The Morgan fingerprint density at radius 2 is 1.86 bits per heavy atom. The van der Waals surface area contributed by atoms with E-state index in [-0.39, 0.29) is 17.8 Å². The van der Waals surface area contributed by atoms with E-state index in [1.54, 1.807) is 0 Å². The van der Waals surface area contributed by atoms with E-state index in [0.717, 1.165) is 36.2 Å². The first-order valence-electron chi connectivity index (χ1n) is 10.9. The Labute approximate surface area is 171 Å². The highest BCUT2D eigenvalue weighted by atomic mass is 16.2. The van der Waals surface area contributed by atoms with Crippen molar-refractivity contribution in [1.82, 2.24) is 9.80 Å². The summed E-state index contributed by atoms with van der Waals surface area (Å²) in [6.07, 6.45) is 5.56. The first kappa shape index (κ1) is 18.6. The Balaban J connectivity index is 1.20. The summed E-state index contributed by atoms with van der Waals surface area (Å²) >= 11 is 0. The molecule has 2 aliphatic carbocycles. The Kier molecular flexibility index (Phi) is 4.41. The summed E-state index contributed by atoms with van der Waals surface area (Å²) in [5.74, 6) is 2.06. The van der Waals surface area contributed by atoms with Crippen molar-refractivity contribution in [1.29, 1.82) is 0 Å². The van der Waals surface area contributed by atoms with E-state index < -0.39 is 0 Å². The van der Waals surface area contributed by atoms with Crippen LogP contribution in [0.15, 0.2) is 24.3 Å². The van der Waals surface area contributed by atoms with Gasteiger partial charge in [0.15, 0.2) is 0 Å². The number of rotatable bonds is 3. The molecule has 2 aliphatic heterocycles. The molecule has 154 valence electrons. The lowest BCUT2D eigenvalue weighted by atomic mass is 9.70. The summed E-state index contributed by atoms with van der Waals surface area (Å²) in [6.45, 7) is 4.43. The zero-order chi connectivity index (χ0) is 20.2. The molecule has 2 bridgehead atoms. The Hall–Kier alpha value is -2.37. The highest BCUT2D eigenvalue weighted by molar-refractivity contribution is 5.97. The molecule has 0 spiro atoms. The van der Waals surface area contributed by atoms with Crippen molar-refractivity contribution in [2.75, 3.05) is 18.4 Å². The van der Waals surface area contributed by atoms with E-state index in [4.69, 9.17) is 0 Å². The second-order valence-electron chi connectivity index (χ2n) is 9.62. The van der Waals surface area contributed by atoms with Gasteiger partial charge in [-0.1, -0.05) is 19.1 Å². The molecule has 5 rings (SSSR count). The average Bonchev–Trinajstić information content (AvgIpc) is 3.37. The molecule has 4 aliphatic rings. The number of benzene rings is 1. The summed E-state index contributed by atoms with van der Waals surface area (Å²) in [7, 11) is 0. The number of urea groups is 1. The number of likely N-dealkylation sites (tertiary alicyclic amines) is 2. The predicted octanol–water partition coefficient (Wildman–Crippen LogP) is 3.63. The van der Waals surface area contributed by atoms with Gasteiger partial charge in [0.25, 0.3) is 0 Å². The first-order valence-corrected chi connectivity index (χ1v) is 10.9. The van der Waals surface area contributed by atoms with Crippen LogP contribution >= 0.6 is 0 Å². The Morgan fingerprint density at radius 1 is 1.14 bits per heavy atom. The maximum absolute atomic E-state index is 12.8. The number of carbonyl (C=O) groups is 3. The van der Waals surface area contributed by atoms with Crippen LogP contribution < -0.4 is 5.32 Å². The topological polar surface area (TPSA) is 69.7 Å². The summed E-state index contributed by atoms with van der Waals surface area (Å²) in [5, 5.41) is 3.03. The fraction of sp³-hybridized carbons (Fsp3) is 0.609. The van der Waals surface area contributed by atoms with Crippen LogP contribution in [0.25, 0.3) is 0 Å². The van der Waals surface area contributed by atoms with Crippen molar-refractivity contribution in [3.63, 3.8) is 0 Å². The summed E-state index contributed by atoms with van der Waals surface area (Å²) in [6, 6.07) is 7.45. The number of amides is 4. The number of carbonyl (C=O) groups excluding carboxylic acids is 3. The number of hydrogen-bond donors (Lipinski definition) is 1. The highest BCUT2D eigenvalue weighted by Crippen LogP contribution is 2.62. The van der Waals surface area contributed by atoms with Crippen molar-refractivity contribution in [2.24, 2.45) is 23.2 Å². The van der Waals surface area contributed by atoms with Crippen LogP contribution in [0.5, 0.6) is 0 Å². The van der Waals surface area contributed by atoms with Gasteiger partial charge in [-0.3, -0.25) is 14.5 Å². The van der Waals surface area contributed by atoms with Crippen molar-refractivity contribution in [2.45, 2.75) is 52.0 Å². The van der Waals surface area contributed by atoms with Gasteiger partial charge in [-0.25, -0.2) is 4.79 Å². The smallest absolute Gasteiger partial charge is 0.321 e. The standard InChI is InChI=1S/C23H29N3O3/c1-23-14-25(13-19(23)16-7-8-17(23)11-16)22(29)24-18-9-5-15(6-10-18)12-26-20(27)3-2-4-21(26)28/h5-6,9-10,16-17,19H,2-4,7-8,11-14H2,1H3,(H,24,29)/t16-,17+,19?,23?/m1/s1. The molecule has 2 heterocycles. The van der Waals surface area contributed by atoms with Crippen molar-refractivity contribution < 1.29 is 14.4 Å². The van der Waals surface area contributed by atoms with Crippen LogP contribution in [-0.4, -0.2) is 40.7 Å². The van der Waals surface area contributed by atoms with Gasteiger partial charge in [0.05, 0.1) is 6.54 Å². The van der Waals surface area contributed by atoms with Crippen LogP contribution in [0, 0.1) is 23.2 Å². The van der Waals surface area contributed by atoms with Gasteiger partial charge in [0, 0.05) is 31.6 Å². The van der Waals surface area contributed by atoms with E-state index >= 15 is 0 Å². The molecule has 1 aromatic carbocycles. The molecule has 4 amide bonds. The number of fused-ring (bicyclic) bond motifs is 5. The predicted molar refractivity (Wildman–Crippen MR) is 109 cm³/mol. The van der Waals surface area contributed by atoms with Gasteiger partial charge in [-0.15, -0.1) is 0 Å². The third-order valence-corrected chi connectivity index (χ3v) is 7.99. The number of anilines is 1. The molecule has 6 nitrogen and oxygen atoms in total. The summed E-state index contributed by atoms with van der Waals surface area (Å²) < 4.78 is 0. The molecule has 0 radical (unpaired) electrons. The molecule has 2 unspecified atom stereocenters. The molecule has 1 aromatic rings. The Morgan fingerprint density at radius 3 is 2.55 bits per heavy atom. The molecule has 1 N–H and O–H groups in total. The minimum Gasteiger partial charge on any atom is -0.324 e. The van der Waals surface area contributed by atoms with Gasteiger partial charge in [0.2, 0.25) is 11.8 Å². The largest absolute Gasteiger partial charge is 0.324 e. The zero-order valence-electron chi connectivity index (χ0n) is 17.0. The number of hydrogen-bond acceptors (Lipinski definition) is 3. The van der Waals surface area contributed by atoms with Gasteiger partial charge in [-0.2, -0.15) is 0 Å². The molecular formula is C23H29N3O3. The first-order chi connectivity index (χ1) is 13.9. The van der Waals surface area contributed by atoms with Gasteiger partial charge in [-0.05, 0) is 66.5 Å². The number of nitrogens with zero attached hydrogens (tertiary/aromatic N) is 2. The van der Waals surface area contributed by atoms with Crippen molar-refractivity contribution in [3.05, 3.63) is 29.8 Å². The zero-order valence-corrected chi connectivity index (χ0v) is 17.0. The lowest BCUT2D eigenvalue weighted by molar-refractivity contribution is -0.148. The monoisotopic (exact) mass is 395 g/mol. The molecular weight excluding hydrogens is 366 g/mol. The third kappa shape index (κ3) is 3.13. The summed E-state index contributed by atoms with van der Waals surface area (Å²) in [5.41, 5.74) is 1.95.